The van der Waals surface area contributed by atoms with Crippen LogP contribution < -0.4 is 9.47 Å². The highest BCUT2D eigenvalue weighted by atomic mass is 35.5. The van der Waals surface area contributed by atoms with Gasteiger partial charge in [0.2, 0.25) is 6.20 Å². The monoisotopic (exact) mass is 401 g/mol. The van der Waals surface area contributed by atoms with E-state index in [0.29, 0.717) is 5.56 Å². The molecule has 25 heavy (non-hydrogen) atoms. The van der Waals surface area contributed by atoms with E-state index in [-0.39, 0.29) is 32.1 Å². The number of rotatable bonds is 5. The molecule has 0 unspecified atom stereocenters. The molecule has 2 rings (SSSR count). The number of carbonyl (C=O) groups is 1. The molecule has 0 heterocycles. The summed E-state index contributed by atoms with van der Waals surface area (Å²) in [5, 5.41) is 10.6. The smallest absolute Gasteiger partial charge is 0.346 e. The second kappa shape index (κ2) is 8.20. The van der Waals surface area contributed by atoms with Crippen molar-refractivity contribution in [1.29, 1.82) is 0 Å². The first-order valence-electron chi connectivity index (χ1n) is 6.69. The summed E-state index contributed by atoms with van der Waals surface area (Å²) >= 11 is 17.9. The molecule has 130 valence electrons. The van der Waals surface area contributed by atoms with Crippen molar-refractivity contribution in [2.45, 2.75) is 0 Å². The molecule has 6 nitrogen and oxygen atoms in total. The van der Waals surface area contributed by atoms with Crippen molar-refractivity contribution < 1.29 is 19.2 Å². The molecule has 0 aliphatic rings. The van der Waals surface area contributed by atoms with E-state index in [9.17, 15) is 14.9 Å². The van der Waals surface area contributed by atoms with Crippen LogP contribution in [0.2, 0.25) is 15.1 Å². The van der Waals surface area contributed by atoms with Crippen LogP contribution in [0.3, 0.4) is 0 Å². The molecule has 0 atom stereocenters. The van der Waals surface area contributed by atoms with Crippen molar-refractivity contribution in [3.8, 4) is 11.5 Å². The predicted molar refractivity (Wildman–Crippen MR) is 95.5 cm³/mol. The lowest BCUT2D eigenvalue weighted by Gasteiger charge is -2.12. The maximum absolute atomic E-state index is 12.4. The lowest BCUT2D eigenvalue weighted by atomic mass is 10.2. The lowest BCUT2D eigenvalue weighted by Crippen LogP contribution is -2.11. The van der Waals surface area contributed by atoms with Crippen LogP contribution in [0.5, 0.6) is 11.5 Å². The Bertz CT molecular complexity index is 867. The standard InChI is InChI=1S/C16H10Cl3NO5/c1-24-13-8-9(6-7-20(22)23)2-5-12(13)25-16(21)14-10(17)3-4-11(18)15(14)19/h2-8H,1H3. The first-order valence-corrected chi connectivity index (χ1v) is 7.82. The zero-order valence-electron chi connectivity index (χ0n) is 12.7. The average molecular weight is 403 g/mol. The molecule has 0 N–H and O–H groups in total. The summed E-state index contributed by atoms with van der Waals surface area (Å²) in [7, 11) is 1.37. The predicted octanol–water partition coefficient (Wildman–Crippen LogP) is 5.12. The SMILES string of the molecule is COc1cc(C=C[N+](=O)[O-])ccc1OC(=O)c1c(Cl)ccc(Cl)c1Cl. The Labute approximate surface area is 157 Å². The number of hydrogen-bond donors (Lipinski definition) is 0. The van der Waals surface area contributed by atoms with Crippen molar-refractivity contribution in [3.05, 3.63) is 72.8 Å². The number of esters is 1. The molecule has 0 fully saturated rings. The fourth-order valence-electron chi connectivity index (χ4n) is 1.88. The van der Waals surface area contributed by atoms with E-state index in [2.05, 4.69) is 0 Å². The van der Waals surface area contributed by atoms with Crippen LogP contribution >= 0.6 is 34.8 Å². The van der Waals surface area contributed by atoms with Crippen molar-refractivity contribution in [2.75, 3.05) is 7.11 Å². The Morgan fingerprint density at radius 2 is 1.80 bits per heavy atom. The molecule has 2 aromatic rings. The third-order valence-electron chi connectivity index (χ3n) is 3.03. The van der Waals surface area contributed by atoms with Gasteiger partial charge in [0.15, 0.2) is 11.5 Å². The number of hydrogen-bond acceptors (Lipinski definition) is 5. The molecule has 0 aromatic heterocycles. The van der Waals surface area contributed by atoms with Gasteiger partial charge >= 0.3 is 5.97 Å². The van der Waals surface area contributed by atoms with E-state index < -0.39 is 10.9 Å². The molecule has 0 saturated heterocycles. The summed E-state index contributed by atoms with van der Waals surface area (Å²) < 4.78 is 10.4. The van der Waals surface area contributed by atoms with Crippen molar-refractivity contribution in [3.63, 3.8) is 0 Å². The molecular weight excluding hydrogens is 393 g/mol. The van der Waals surface area contributed by atoms with Crippen LogP contribution in [0.1, 0.15) is 15.9 Å². The first-order chi connectivity index (χ1) is 11.8. The normalized spacial score (nSPS) is 10.7. The van der Waals surface area contributed by atoms with Crippen molar-refractivity contribution >= 4 is 46.8 Å². The van der Waals surface area contributed by atoms with Crippen LogP contribution in [0.4, 0.5) is 0 Å². The van der Waals surface area contributed by atoms with Crippen LogP contribution in [-0.2, 0) is 0 Å². The fraction of sp³-hybridized carbons (Fsp3) is 0.0625. The number of nitrogens with zero attached hydrogens (tertiary/aromatic N) is 1. The van der Waals surface area contributed by atoms with E-state index >= 15 is 0 Å². The van der Waals surface area contributed by atoms with E-state index in [4.69, 9.17) is 44.3 Å². The van der Waals surface area contributed by atoms with Gasteiger partial charge in [-0.05, 0) is 29.8 Å². The summed E-state index contributed by atoms with van der Waals surface area (Å²) in [5.41, 5.74) is 0.419. The minimum absolute atomic E-state index is 0.0244. The molecule has 0 bridgehead atoms. The molecule has 0 spiro atoms. The summed E-state index contributed by atoms with van der Waals surface area (Å²) in [6.07, 6.45) is 2.06. The highest BCUT2D eigenvalue weighted by Gasteiger charge is 2.21. The third-order valence-corrected chi connectivity index (χ3v) is 4.15. The summed E-state index contributed by atoms with van der Waals surface area (Å²) in [6.45, 7) is 0. The zero-order valence-corrected chi connectivity index (χ0v) is 14.9. The molecule has 0 radical (unpaired) electrons. The minimum Gasteiger partial charge on any atom is -0.493 e. The van der Waals surface area contributed by atoms with Gasteiger partial charge in [-0.1, -0.05) is 40.9 Å². The number of nitro groups is 1. The maximum Gasteiger partial charge on any atom is 0.346 e. The Hall–Kier alpha value is -2.28. The largest absolute Gasteiger partial charge is 0.493 e. The molecule has 9 heteroatoms. The molecular formula is C16H10Cl3NO5. The van der Waals surface area contributed by atoms with Gasteiger partial charge in [-0.15, -0.1) is 0 Å². The van der Waals surface area contributed by atoms with Gasteiger partial charge in [0.05, 0.1) is 32.7 Å². The number of benzene rings is 2. The maximum atomic E-state index is 12.4. The van der Waals surface area contributed by atoms with Crippen LogP contribution in [0, 0.1) is 10.1 Å². The Kier molecular flexibility index (Phi) is 6.25. The Morgan fingerprint density at radius 3 is 2.44 bits per heavy atom. The second-order valence-electron chi connectivity index (χ2n) is 4.62. The molecule has 0 saturated carbocycles. The van der Waals surface area contributed by atoms with Gasteiger partial charge < -0.3 is 9.47 Å². The van der Waals surface area contributed by atoms with Crippen LogP contribution in [0.15, 0.2) is 36.5 Å². The summed E-state index contributed by atoms with van der Waals surface area (Å²) in [6, 6.07) is 7.31. The zero-order chi connectivity index (χ0) is 18.6. The van der Waals surface area contributed by atoms with E-state index in [1.807, 2.05) is 0 Å². The molecule has 2 aromatic carbocycles. The van der Waals surface area contributed by atoms with Crippen molar-refractivity contribution in [1.82, 2.24) is 0 Å². The average Bonchev–Trinajstić information content (AvgIpc) is 2.57. The van der Waals surface area contributed by atoms with Crippen LogP contribution in [0.25, 0.3) is 6.08 Å². The summed E-state index contributed by atoms with van der Waals surface area (Å²) in [4.78, 5) is 22.1. The lowest BCUT2D eigenvalue weighted by molar-refractivity contribution is -0.400. The highest BCUT2D eigenvalue weighted by molar-refractivity contribution is 6.46. The van der Waals surface area contributed by atoms with Gasteiger partial charge in [-0.25, -0.2) is 4.79 Å². The van der Waals surface area contributed by atoms with E-state index in [1.165, 1.54) is 43.5 Å². The topological polar surface area (TPSA) is 78.7 Å². The van der Waals surface area contributed by atoms with Gasteiger partial charge in [0.25, 0.3) is 0 Å². The Morgan fingerprint density at radius 1 is 1.12 bits per heavy atom. The number of carbonyl (C=O) groups excluding carboxylic acids is 1. The number of ether oxygens (including phenoxy) is 2. The van der Waals surface area contributed by atoms with Gasteiger partial charge in [-0.3, -0.25) is 10.1 Å². The molecule has 0 aliphatic carbocycles. The van der Waals surface area contributed by atoms with Crippen LogP contribution in [-0.4, -0.2) is 18.0 Å². The minimum atomic E-state index is -0.815. The van der Waals surface area contributed by atoms with Gasteiger partial charge in [0, 0.05) is 6.08 Å². The van der Waals surface area contributed by atoms with E-state index in [1.54, 1.807) is 0 Å². The highest BCUT2D eigenvalue weighted by Crippen LogP contribution is 2.34. The van der Waals surface area contributed by atoms with Gasteiger partial charge in [0.1, 0.15) is 0 Å². The quantitative estimate of drug-likeness (QED) is 0.228. The van der Waals surface area contributed by atoms with Crippen molar-refractivity contribution in [2.24, 2.45) is 0 Å². The number of methoxy groups -OCH3 is 1. The fourth-order valence-corrected chi connectivity index (χ4v) is 2.57. The molecule has 0 aliphatic heterocycles. The third kappa shape index (κ3) is 4.63. The number of halogens is 3. The summed E-state index contributed by atoms with van der Waals surface area (Å²) in [5.74, 6) is -0.518. The van der Waals surface area contributed by atoms with E-state index in [0.717, 1.165) is 6.20 Å². The van der Waals surface area contributed by atoms with Gasteiger partial charge in [-0.2, -0.15) is 0 Å². The first kappa shape index (κ1) is 19.1. The Balaban J connectivity index is 2.33. The molecule has 0 amide bonds. The second-order valence-corrected chi connectivity index (χ2v) is 5.81.